The van der Waals surface area contributed by atoms with Gasteiger partial charge >= 0.3 is 5.97 Å². The molecule has 0 spiro atoms. The van der Waals surface area contributed by atoms with Crippen molar-refractivity contribution in [3.8, 4) is 11.5 Å². The van der Waals surface area contributed by atoms with Gasteiger partial charge in [0.2, 0.25) is 0 Å². The average molecular weight is 251 g/mol. The maximum atomic E-state index is 10.8. The van der Waals surface area contributed by atoms with E-state index in [0.29, 0.717) is 0 Å². The highest BCUT2D eigenvalue weighted by molar-refractivity contribution is 6.38. The molecular formula is C9H8Cl2O4. The number of carbonyl (C=O) groups is 1. The van der Waals surface area contributed by atoms with E-state index < -0.39 is 5.97 Å². The van der Waals surface area contributed by atoms with Gasteiger partial charge in [0.25, 0.3) is 0 Å². The lowest BCUT2D eigenvalue weighted by atomic mass is 10.2. The van der Waals surface area contributed by atoms with Crippen LogP contribution in [0.5, 0.6) is 11.5 Å². The summed E-state index contributed by atoms with van der Waals surface area (Å²) in [5.74, 6) is -0.941. The SMILES string of the molecule is COc1c(Cl)cc(C(=O)O)c(OC)c1Cl. The van der Waals surface area contributed by atoms with Gasteiger partial charge < -0.3 is 14.6 Å². The number of ether oxygens (including phenoxy) is 2. The first kappa shape index (κ1) is 11.9. The Morgan fingerprint density at radius 1 is 1.27 bits per heavy atom. The van der Waals surface area contributed by atoms with Gasteiger partial charge in [0.15, 0.2) is 11.5 Å². The fourth-order valence-corrected chi connectivity index (χ4v) is 1.82. The first-order valence-electron chi connectivity index (χ1n) is 3.86. The number of hydrogen-bond donors (Lipinski definition) is 1. The molecule has 0 atom stereocenters. The van der Waals surface area contributed by atoms with E-state index in [1.54, 1.807) is 0 Å². The van der Waals surface area contributed by atoms with Crippen molar-refractivity contribution >= 4 is 29.2 Å². The molecule has 1 N–H and O–H groups in total. The minimum Gasteiger partial charge on any atom is -0.494 e. The molecule has 0 amide bonds. The van der Waals surface area contributed by atoms with E-state index in [0.717, 1.165) is 0 Å². The lowest BCUT2D eigenvalue weighted by Crippen LogP contribution is -2.02. The zero-order chi connectivity index (χ0) is 11.6. The molecule has 0 aromatic heterocycles. The number of carboxylic acids is 1. The molecule has 0 unspecified atom stereocenters. The first-order chi connectivity index (χ1) is 7.02. The van der Waals surface area contributed by atoms with Gasteiger partial charge in [-0.1, -0.05) is 23.2 Å². The first-order valence-corrected chi connectivity index (χ1v) is 4.61. The van der Waals surface area contributed by atoms with Crippen molar-refractivity contribution in [3.63, 3.8) is 0 Å². The molecule has 6 heteroatoms. The molecule has 1 aromatic carbocycles. The van der Waals surface area contributed by atoms with Crippen molar-refractivity contribution in [2.45, 2.75) is 0 Å². The smallest absolute Gasteiger partial charge is 0.339 e. The van der Waals surface area contributed by atoms with E-state index in [1.807, 2.05) is 0 Å². The Kier molecular flexibility index (Phi) is 3.66. The molecule has 0 aliphatic heterocycles. The largest absolute Gasteiger partial charge is 0.494 e. The summed E-state index contributed by atoms with van der Waals surface area (Å²) in [5.41, 5.74) is -0.103. The molecule has 0 bridgehead atoms. The predicted octanol–water partition coefficient (Wildman–Crippen LogP) is 2.71. The molecule has 82 valence electrons. The highest BCUT2D eigenvalue weighted by Crippen LogP contribution is 2.42. The van der Waals surface area contributed by atoms with Crippen LogP contribution < -0.4 is 9.47 Å². The van der Waals surface area contributed by atoms with Crippen molar-refractivity contribution in [3.05, 3.63) is 21.7 Å². The summed E-state index contributed by atoms with van der Waals surface area (Å²) in [4.78, 5) is 10.8. The second-order valence-corrected chi connectivity index (χ2v) is 3.38. The summed E-state index contributed by atoms with van der Waals surface area (Å²) in [5, 5.41) is 9.04. The van der Waals surface area contributed by atoms with Gasteiger partial charge in [-0.25, -0.2) is 4.79 Å². The molecule has 4 nitrogen and oxygen atoms in total. The zero-order valence-electron chi connectivity index (χ0n) is 8.01. The van der Waals surface area contributed by atoms with Crippen molar-refractivity contribution in [2.24, 2.45) is 0 Å². The Labute approximate surface area is 96.3 Å². The third-order valence-corrected chi connectivity index (χ3v) is 2.39. The fourth-order valence-electron chi connectivity index (χ4n) is 1.13. The van der Waals surface area contributed by atoms with Gasteiger partial charge in [-0.3, -0.25) is 0 Å². The summed E-state index contributed by atoms with van der Waals surface area (Å²) < 4.78 is 9.80. The molecular weight excluding hydrogens is 243 g/mol. The van der Waals surface area contributed by atoms with Gasteiger partial charge in [0.05, 0.1) is 19.2 Å². The van der Waals surface area contributed by atoms with Crippen LogP contribution in [-0.4, -0.2) is 25.3 Å². The Balaban J connectivity index is 3.51. The van der Waals surface area contributed by atoms with Crippen molar-refractivity contribution in [1.82, 2.24) is 0 Å². The van der Waals surface area contributed by atoms with Crippen LogP contribution in [0.4, 0.5) is 0 Å². The highest BCUT2D eigenvalue weighted by Gasteiger charge is 2.21. The fraction of sp³-hybridized carbons (Fsp3) is 0.222. The maximum Gasteiger partial charge on any atom is 0.339 e. The molecule has 1 aromatic rings. The molecule has 0 aliphatic carbocycles. The standard InChI is InChI=1S/C9H8Cl2O4/c1-14-7-4(9(12)13)3-5(10)8(15-2)6(7)11/h3H,1-2H3,(H,12,13). The van der Waals surface area contributed by atoms with E-state index in [-0.39, 0.29) is 27.1 Å². The summed E-state index contributed by atoms with van der Waals surface area (Å²) >= 11 is 11.6. The second kappa shape index (κ2) is 4.59. The summed E-state index contributed by atoms with van der Waals surface area (Å²) in [6, 6.07) is 1.23. The average Bonchev–Trinajstić information content (AvgIpc) is 2.17. The third-order valence-electron chi connectivity index (χ3n) is 1.77. The van der Waals surface area contributed by atoms with Crippen LogP contribution in [0.15, 0.2) is 6.07 Å². The van der Waals surface area contributed by atoms with E-state index in [4.69, 9.17) is 37.8 Å². The number of aromatic carboxylic acids is 1. The van der Waals surface area contributed by atoms with Gasteiger partial charge in [0.1, 0.15) is 10.6 Å². The van der Waals surface area contributed by atoms with E-state index in [2.05, 4.69) is 0 Å². The van der Waals surface area contributed by atoms with E-state index in [9.17, 15) is 4.79 Å². The zero-order valence-corrected chi connectivity index (χ0v) is 9.52. The molecule has 0 fully saturated rings. The van der Waals surface area contributed by atoms with E-state index >= 15 is 0 Å². The monoisotopic (exact) mass is 250 g/mol. The number of halogens is 2. The van der Waals surface area contributed by atoms with Crippen LogP contribution in [-0.2, 0) is 0 Å². The van der Waals surface area contributed by atoms with Gasteiger partial charge in [0, 0.05) is 0 Å². The number of methoxy groups -OCH3 is 2. The van der Waals surface area contributed by atoms with Gasteiger partial charge in [-0.2, -0.15) is 0 Å². The Hall–Kier alpha value is -1.13. The van der Waals surface area contributed by atoms with Crippen LogP contribution in [0.3, 0.4) is 0 Å². The lowest BCUT2D eigenvalue weighted by Gasteiger charge is -2.12. The quantitative estimate of drug-likeness (QED) is 0.897. The predicted molar refractivity (Wildman–Crippen MR) is 56.5 cm³/mol. The van der Waals surface area contributed by atoms with Crippen LogP contribution in [0.2, 0.25) is 10.0 Å². The normalized spacial score (nSPS) is 9.87. The molecule has 1 rings (SSSR count). The molecule has 0 radical (unpaired) electrons. The Morgan fingerprint density at radius 2 is 1.80 bits per heavy atom. The minimum absolute atomic E-state index is 0.0328. The van der Waals surface area contributed by atoms with Crippen molar-refractivity contribution in [2.75, 3.05) is 14.2 Å². The molecule has 0 aliphatic rings. The number of hydrogen-bond acceptors (Lipinski definition) is 3. The van der Waals surface area contributed by atoms with Gasteiger partial charge in [-0.05, 0) is 6.07 Å². The van der Waals surface area contributed by atoms with Gasteiger partial charge in [-0.15, -0.1) is 0 Å². The highest BCUT2D eigenvalue weighted by atomic mass is 35.5. The van der Waals surface area contributed by atoms with Crippen LogP contribution in [0.25, 0.3) is 0 Å². The Morgan fingerprint density at radius 3 is 2.20 bits per heavy atom. The topological polar surface area (TPSA) is 55.8 Å². The Bertz CT molecular complexity index is 404. The number of benzene rings is 1. The van der Waals surface area contributed by atoms with E-state index in [1.165, 1.54) is 20.3 Å². The van der Waals surface area contributed by atoms with Crippen LogP contribution in [0, 0.1) is 0 Å². The summed E-state index contributed by atoms with van der Waals surface area (Å²) in [6.45, 7) is 0. The van der Waals surface area contributed by atoms with Crippen LogP contribution in [0.1, 0.15) is 10.4 Å². The van der Waals surface area contributed by atoms with Crippen molar-refractivity contribution in [1.29, 1.82) is 0 Å². The molecule has 15 heavy (non-hydrogen) atoms. The molecule has 0 saturated heterocycles. The third kappa shape index (κ3) is 2.11. The van der Waals surface area contributed by atoms with Crippen molar-refractivity contribution < 1.29 is 19.4 Å². The lowest BCUT2D eigenvalue weighted by molar-refractivity contribution is 0.0693. The number of carboxylic acid groups (broad SMARTS) is 1. The maximum absolute atomic E-state index is 10.8. The number of rotatable bonds is 3. The molecule has 0 saturated carbocycles. The summed E-state index contributed by atoms with van der Waals surface area (Å²) in [7, 11) is 2.70. The summed E-state index contributed by atoms with van der Waals surface area (Å²) in [6.07, 6.45) is 0. The second-order valence-electron chi connectivity index (χ2n) is 2.59. The molecule has 0 heterocycles. The minimum atomic E-state index is -1.17. The van der Waals surface area contributed by atoms with Crippen LogP contribution >= 0.6 is 23.2 Å².